The van der Waals surface area contributed by atoms with E-state index < -0.39 is 17.7 Å². The summed E-state index contributed by atoms with van der Waals surface area (Å²) in [5.41, 5.74) is -0.447. The number of alkyl halides is 3. The number of fused-ring (bicyclic) bond motifs is 1. The molecule has 0 unspecified atom stereocenters. The van der Waals surface area contributed by atoms with Gasteiger partial charge in [-0.15, -0.1) is 0 Å². The molecule has 1 aromatic carbocycles. The molecule has 0 aliphatic carbocycles. The number of benzene rings is 1. The van der Waals surface area contributed by atoms with Crippen molar-refractivity contribution >= 4 is 5.97 Å². The van der Waals surface area contributed by atoms with Gasteiger partial charge in [-0.2, -0.15) is 13.2 Å². The zero-order valence-corrected chi connectivity index (χ0v) is 7.60. The zero-order valence-electron chi connectivity index (χ0n) is 7.60. The van der Waals surface area contributed by atoms with Gasteiger partial charge < -0.3 is 4.74 Å². The highest BCUT2D eigenvalue weighted by molar-refractivity contribution is 5.76. The molecule has 5 heteroatoms. The maximum Gasteiger partial charge on any atom is 0.419 e. The highest BCUT2D eigenvalue weighted by atomic mass is 19.4. The number of rotatable bonds is 0. The van der Waals surface area contributed by atoms with E-state index in [-0.39, 0.29) is 12.2 Å². The van der Waals surface area contributed by atoms with E-state index in [0.717, 1.165) is 6.07 Å². The summed E-state index contributed by atoms with van der Waals surface area (Å²) in [6.45, 7) is 0. The third kappa shape index (κ3) is 1.82. The van der Waals surface area contributed by atoms with Crippen LogP contribution in [0.4, 0.5) is 13.2 Å². The van der Waals surface area contributed by atoms with Crippen molar-refractivity contribution in [2.45, 2.75) is 19.0 Å². The molecule has 2 nitrogen and oxygen atoms in total. The van der Waals surface area contributed by atoms with Crippen LogP contribution in [0, 0.1) is 0 Å². The Balaban J connectivity index is 2.53. The molecule has 0 N–H and O–H groups in total. The van der Waals surface area contributed by atoms with Gasteiger partial charge in [0.1, 0.15) is 5.75 Å². The number of hydrogen-bond donors (Lipinski definition) is 0. The second kappa shape index (κ2) is 3.25. The van der Waals surface area contributed by atoms with Crippen molar-refractivity contribution in [1.29, 1.82) is 0 Å². The average Bonchev–Trinajstić information content (AvgIpc) is 2.15. The van der Waals surface area contributed by atoms with Crippen LogP contribution < -0.4 is 4.74 Å². The van der Waals surface area contributed by atoms with Crippen LogP contribution in [0.3, 0.4) is 0 Å². The topological polar surface area (TPSA) is 26.3 Å². The van der Waals surface area contributed by atoms with Crippen LogP contribution in [-0.2, 0) is 17.4 Å². The predicted octanol–water partition coefficient (Wildman–Crippen LogP) is 2.56. The first kappa shape index (κ1) is 10.0. The van der Waals surface area contributed by atoms with Crippen molar-refractivity contribution in [3.63, 3.8) is 0 Å². The molecule has 80 valence electrons. The first-order valence-corrected chi connectivity index (χ1v) is 4.38. The van der Waals surface area contributed by atoms with E-state index in [1.54, 1.807) is 0 Å². The molecule has 15 heavy (non-hydrogen) atoms. The number of ether oxygens (including phenoxy) is 1. The summed E-state index contributed by atoms with van der Waals surface area (Å²) in [6.07, 6.45) is -4.05. The Morgan fingerprint density at radius 2 is 1.93 bits per heavy atom. The minimum Gasteiger partial charge on any atom is -0.426 e. The average molecular weight is 216 g/mol. The van der Waals surface area contributed by atoms with E-state index in [9.17, 15) is 18.0 Å². The number of para-hydroxylation sites is 1. The lowest BCUT2D eigenvalue weighted by molar-refractivity contribution is -0.143. The molecule has 0 saturated carbocycles. The molecular weight excluding hydrogens is 209 g/mol. The van der Waals surface area contributed by atoms with E-state index in [4.69, 9.17) is 0 Å². The molecule has 1 aliphatic heterocycles. The highest BCUT2D eigenvalue weighted by Crippen LogP contribution is 2.40. The predicted molar refractivity (Wildman–Crippen MR) is 45.4 cm³/mol. The van der Waals surface area contributed by atoms with Crippen LogP contribution in [0.1, 0.15) is 17.5 Å². The molecule has 0 atom stereocenters. The van der Waals surface area contributed by atoms with Gasteiger partial charge in [0, 0.05) is 0 Å². The maximum absolute atomic E-state index is 12.5. The van der Waals surface area contributed by atoms with Crippen LogP contribution in [-0.4, -0.2) is 5.97 Å². The Morgan fingerprint density at radius 3 is 2.60 bits per heavy atom. The quantitative estimate of drug-likeness (QED) is 0.492. The lowest BCUT2D eigenvalue weighted by Gasteiger charge is -2.19. The van der Waals surface area contributed by atoms with Crippen LogP contribution in [0.15, 0.2) is 18.2 Å². The molecule has 1 heterocycles. The molecule has 0 radical (unpaired) electrons. The molecule has 1 aliphatic rings. The summed E-state index contributed by atoms with van der Waals surface area (Å²) < 4.78 is 42.2. The highest BCUT2D eigenvalue weighted by Gasteiger charge is 2.37. The number of halogens is 3. The van der Waals surface area contributed by atoms with Gasteiger partial charge in [0.15, 0.2) is 0 Å². The molecule has 0 bridgehead atoms. The molecule has 1 aromatic rings. The van der Waals surface area contributed by atoms with Crippen LogP contribution >= 0.6 is 0 Å². The van der Waals surface area contributed by atoms with E-state index in [1.165, 1.54) is 12.1 Å². The summed E-state index contributed by atoms with van der Waals surface area (Å²) >= 11 is 0. The van der Waals surface area contributed by atoms with Crippen LogP contribution in [0.5, 0.6) is 5.75 Å². The van der Waals surface area contributed by atoms with Crippen molar-refractivity contribution in [3.05, 3.63) is 29.3 Å². The van der Waals surface area contributed by atoms with E-state index in [0.29, 0.717) is 12.0 Å². The van der Waals surface area contributed by atoms with Gasteiger partial charge in [0.2, 0.25) is 0 Å². The van der Waals surface area contributed by atoms with E-state index in [1.807, 2.05) is 0 Å². The standard InChI is InChI=1S/C10H7F3O2/c11-10(12,13)7-3-1-2-6-4-5-8(14)15-9(6)7/h1-3H,4-5H2. The molecule has 0 amide bonds. The maximum atomic E-state index is 12.5. The van der Waals surface area contributed by atoms with Gasteiger partial charge in [-0.1, -0.05) is 12.1 Å². The van der Waals surface area contributed by atoms with Gasteiger partial charge in [-0.3, -0.25) is 4.79 Å². The number of aryl methyl sites for hydroxylation is 1. The van der Waals surface area contributed by atoms with Crippen molar-refractivity contribution < 1.29 is 22.7 Å². The third-order valence-electron chi connectivity index (χ3n) is 2.22. The number of carbonyl (C=O) groups excluding carboxylic acids is 1. The van der Waals surface area contributed by atoms with E-state index >= 15 is 0 Å². The molecule has 2 rings (SSSR count). The monoisotopic (exact) mass is 216 g/mol. The summed E-state index contributed by atoms with van der Waals surface area (Å²) in [5, 5.41) is 0. The fourth-order valence-corrected chi connectivity index (χ4v) is 1.53. The lowest BCUT2D eigenvalue weighted by Crippen LogP contribution is -2.19. The normalized spacial score (nSPS) is 15.8. The Morgan fingerprint density at radius 1 is 1.20 bits per heavy atom. The smallest absolute Gasteiger partial charge is 0.419 e. The fraction of sp³-hybridized carbons (Fsp3) is 0.300. The number of esters is 1. The van der Waals surface area contributed by atoms with Gasteiger partial charge in [0.25, 0.3) is 0 Å². The van der Waals surface area contributed by atoms with Crippen molar-refractivity contribution in [3.8, 4) is 5.75 Å². The Hall–Kier alpha value is -1.52. The Labute approximate surface area is 83.7 Å². The second-order valence-corrected chi connectivity index (χ2v) is 3.27. The zero-order chi connectivity index (χ0) is 11.1. The fourth-order valence-electron chi connectivity index (χ4n) is 1.53. The Bertz CT molecular complexity index is 410. The van der Waals surface area contributed by atoms with Crippen molar-refractivity contribution in [2.24, 2.45) is 0 Å². The first-order valence-electron chi connectivity index (χ1n) is 4.38. The molecule has 0 aromatic heterocycles. The minimum atomic E-state index is -4.48. The van der Waals surface area contributed by atoms with Gasteiger partial charge in [0.05, 0.1) is 12.0 Å². The van der Waals surface area contributed by atoms with Crippen LogP contribution in [0.25, 0.3) is 0 Å². The third-order valence-corrected chi connectivity index (χ3v) is 2.22. The minimum absolute atomic E-state index is 0.133. The van der Waals surface area contributed by atoms with Crippen LogP contribution in [0.2, 0.25) is 0 Å². The summed E-state index contributed by atoms with van der Waals surface area (Å²) in [7, 11) is 0. The summed E-state index contributed by atoms with van der Waals surface area (Å²) in [5.74, 6) is -0.944. The van der Waals surface area contributed by atoms with Crippen molar-refractivity contribution in [2.75, 3.05) is 0 Å². The molecular formula is C10H7F3O2. The second-order valence-electron chi connectivity index (χ2n) is 3.27. The van der Waals surface area contributed by atoms with E-state index in [2.05, 4.69) is 4.74 Å². The largest absolute Gasteiger partial charge is 0.426 e. The summed E-state index contributed by atoms with van der Waals surface area (Å²) in [6, 6.07) is 3.77. The molecule has 0 saturated heterocycles. The van der Waals surface area contributed by atoms with Gasteiger partial charge in [-0.05, 0) is 18.1 Å². The summed E-state index contributed by atoms with van der Waals surface area (Å²) in [4.78, 5) is 10.9. The molecule has 0 fully saturated rings. The Kier molecular flexibility index (Phi) is 2.17. The van der Waals surface area contributed by atoms with Gasteiger partial charge in [-0.25, -0.2) is 0 Å². The number of hydrogen-bond acceptors (Lipinski definition) is 2. The van der Waals surface area contributed by atoms with Crippen molar-refractivity contribution in [1.82, 2.24) is 0 Å². The molecule has 0 spiro atoms. The SMILES string of the molecule is O=C1CCc2cccc(C(F)(F)F)c2O1. The van der Waals surface area contributed by atoms with Gasteiger partial charge >= 0.3 is 12.1 Å². The number of carbonyl (C=O) groups is 1. The lowest BCUT2D eigenvalue weighted by atomic mass is 10.0. The first-order chi connectivity index (χ1) is 6.98.